The van der Waals surface area contributed by atoms with E-state index in [2.05, 4.69) is 45.5 Å². The highest BCUT2D eigenvalue weighted by Gasteiger charge is 1.94. The molecule has 0 fully saturated rings. The summed E-state index contributed by atoms with van der Waals surface area (Å²) in [4.78, 5) is 6.75. The molecule has 2 aromatic rings. The number of aromatic nitrogens is 2. The van der Waals surface area contributed by atoms with Gasteiger partial charge in [0.25, 0.3) is 0 Å². The minimum atomic E-state index is -0.239. The summed E-state index contributed by atoms with van der Waals surface area (Å²) in [5.41, 5.74) is 1.53. The van der Waals surface area contributed by atoms with Crippen molar-refractivity contribution in [2.24, 2.45) is 0 Å². The molecule has 0 amide bonds. The van der Waals surface area contributed by atoms with Gasteiger partial charge in [0, 0.05) is 0 Å². The molecule has 0 radical (unpaired) electrons. The van der Waals surface area contributed by atoms with Crippen LogP contribution in [0.5, 0.6) is 0 Å². The number of aromatic amines is 1. The fourth-order valence-electron chi connectivity index (χ4n) is 1.10. The summed E-state index contributed by atoms with van der Waals surface area (Å²) in [6, 6.07) is 4.45. The van der Waals surface area contributed by atoms with Gasteiger partial charge in [0.1, 0.15) is 5.82 Å². The van der Waals surface area contributed by atoms with Crippen LogP contribution in [0.4, 0.5) is 4.39 Å². The first-order chi connectivity index (χ1) is 8.77. The molecule has 1 aromatic heterocycles. The number of benzene rings is 1. The van der Waals surface area contributed by atoms with Gasteiger partial charge in [0.2, 0.25) is 0 Å². The van der Waals surface area contributed by atoms with Crippen molar-refractivity contribution >= 4 is 11.0 Å². The van der Waals surface area contributed by atoms with Crippen molar-refractivity contribution in [1.29, 1.82) is 0 Å². The molecule has 0 bridgehead atoms. The number of nitrogens with one attached hydrogen (secondary N) is 1. The Morgan fingerprint density at radius 1 is 1.06 bits per heavy atom. The van der Waals surface area contributed by atoms with Gasteiger partial charge in [-0.3, -0.25) is 0 Å². The van der Waals surface area contributed by atoms with Crippen molar-refractivity contribution in [2.75, 3.05) is 0 Å². The maximum Gasteiger partial charge on any atom is 0.125 e. The lowest BCUT2D eigenvalue weighted by Gasteiger charge is -1.86. The zero-order chi connectivity index (χ0) is 13.2. The van der Waals surface area contributed by atoms with Crippen LogP contribution >= 0.6 is 0 Å². The molecule has 0 spiro atoms. The highest BCUT2D eigenvalue weighted by molar-refractivity contribution is 5.73. The number of hydrogen-bond acceptors (Lipinski definition) is 1. The molecule has 2 nitrogen and oxygen atoms in total. The molecule has 3 heteroatoms. The monoisotopic (exact) mass is 238 g/mol. The Bertz CT molecular complexity index is 670. The van der Waals surface area contributed by atoms with Crippen LogP contribution < -0.4 is 0 Å². The molecule has 18 heavy (non-hydrogen) atoms. The van der Waals surface area contributed by atoms with E-state index in [1.807, 2.05) is 0 Å². The Balaban J connectivity index is 0.000000187. The van der Waals surface area contributed by atoms with Crippen LogP contribution in [-0.2, 0) is 0 Å². The maximum absolute atomic E-state index is 12.5. The average molecular weight is 238 g/mol. The molecule has 1 aromatic carbocycles. The van der Waals surface area contributed by atoms with Gasteiger partial charge in [0.05, 0.1) is 17.4 Å². The first-order valence-electron chi connectivity index (χ1n) is 5.20. The Hall–Kier alpha value is -2.70. The van der Waals surface area contributed by atoms with E-state index in [1.165, 1.54) is 12.1 Å². The van der Waals surface area contributed by atoms with Crippen molar-refractivity contribution in [3.63, 3.8) is 0 Å². The number of fused-ring (bicyclic) bond motifs is 1. The number of imidazole rings is 1. The Morgan fingerprint density at radius 3 is 2.33 bits per heavy atom. The largest absolute Gasteiger partial charge is 0.345 e. The summed E-state index contributed by atoms with van der Waals surface area (Å²) in [7, 11) is 0. The number of rotatable bonds is 0. The molecule has 1 heterocycles. The van der Waals surface area contributed by atoms with Crippen molar-refractivity contribution in [1.82, 2.24) is 9.97 Å². The van der Waals surface area contributed by atoms with E-state index in [9.17, 15) is 4.39 Å². The van der Waals surface area contributed by atoms with Gasteiger partial charge >= 0.3 is 0 Å². The molecular weight excluding hydrogens is 227 g/mol. The fourth-order valence-corrected chi connectivity index (χ4v) is 1.10. The second-order valence-electron chi connectivity index (χ2n) is 3.06. The molecule has 0 atom stereocenters. The van der Waals surface area contributed by atoms with Crippen LogP contribution in [0.2, 0.25) is 0 Å². The van der Waals surface area contributed by atoms with E-state index in [4.69, 9.17) is 0 Å². The number of H-pyrrole nitrogens is 1. The second kappa shape index (κ2) is 7.55. The van der Waals surface area contributed by atoms with Crippen LogP contribution in [0.3, 0.4) is 0 Å². The number of nitrogens with zero attached hydrogens (tertiary/aromatic N) is 1. The number of halogens is 1. The van der Waals surface area contributed by atoms with E-state index >= 15 is 0 Å². The summed E-state index contributed by atoms with van der Waals surface area (Å²) in [5.74, 6) is 15.3. The van der Waals surface area contributed by atoms with Crippen LogP contribution in [0.25, 0.3) is 11.0 Å². The second-order valence-corrected chi connectivity index (χ2v) is 3.06. The average Bonchev–Trinajstić information content (AvgIpc) is 2.83. The Kier molecular flexibility index (Phi) is 5.61. The first-order valence-corrected chi connectivity index (χ1v) is 5.20. The van der Waals surface area contributed by atoms with E-state index in [-0.39, 0.29) is 5.82 Å². The van der Waals surface area contributed by atoms with E-state index in [1.54, 1.807) is 26.2 Å². The predicted molar refractivity (Wildman–Crippen MR) is 70.7 cm³/mol. The molecule has 0 saturated heterocycles. The highest BCUT2D eigenvalue weighted by Crippen LogP contribution is 2.09. The summed E-state index contributed by atoms with van der Waals surface area (Å²) in [6.45, 7) is 3.49. The molecular formula is C15H11FN2. The SMILES string of the molecule is CC#CC#CC#CC.Fc1ccc2nc[nH]c2c1. The summed E-state index contributed by atoms with van der Waals surface area (Å²) < 4.78 is 12.5. The van der Waals surface area contributed by atoms with Crippen molar-refractivity contribution in [3.8, 4) is 35.5 Å². The lowest BCUT2D eigenvalue weighted by molar-refractivity contribution is 0.629. The third-order valence-corrected chi connectivity index (χ3v) is 1.82. The van der Waals surface area contributed by atoms with Gasteiger partial charge in [0.15, 0.2) is 0 Å². The lowest BCUT2D eigenvalue weighted by atomic mass is 10.3. The van der Waals surface area contributed by atoms with Crippen LogP contribution in [0.1, 0.15) is 13.8 Å². The standard InChI is InChI=1S/C8H6.C7H5FN2/c1-3-5-7-8-6-4-2;8-5-1-2-6-7(3-5)10-4-9-6/h1-2H3;1-4H,(H,9,10). The molecule has 0 unspecified atom stereocenters. The van der Waals surface area contributed by atoms with Crippen LogP contribution in [0, 0.1) is 41.3 Å². The maximum atomic E-state index is 12.5. The van der Waals surface area contributed by atoms with Crippen molar-refractivity contribution in [2.45, 2.75) is 13.8 Å². The predicted octanol–water partition coefficient (Wildman–Crippen LogP) is 2.74. The molecule has 1 N–H and O–H groups in total. The summed E-state index contributed by atoms with van der Waals surface area (Å²) >= 11 is 0. The quantitative estimate of drug-likeness (QED) is 0.702. The van der Waals surface area contributed by atoms with Crippen molar-refractivity contribution in [3.05, 3.63) is 30.3 Å². The van der Waals surface area contributed by atoms with E-state index in [0.29, 0.717) is 0 Å². The van der Waals surface area contributed by atoms with E-state index in [0.717, 1.165) is 11.0 Å². The van der Waals surface area contributed by atoms with E-state index < -0.39 is 0 Å². The zero-order valence-electron chi connectivity index (χ0n) is 10.1. The summed E-state index contributed by atoms with van der Waals surface area (Å²) in [5, 5.41) is 0. The lowest BCUT2D eigenvalue weighted by Crippen LogP contribution is -1.72. The Labute approximate surface area is 106 Å². The minimum absolute atomic E-state index is 0.239. The number of hydrogen-bond donors (Lipinski definition) is 1. The first kappa shape index (κ1) is 13.4. The van der Waals surface area contributed by atoms with Crippen LogP contribution in [-0.4, -0.2) is 9.97 Å². The molecule has 2 rings (SSSR count). The fraction of sp³-hybridized carbons (Fsp3) is 0.133. The molecule has 88 valence electrons. The van der Waals surface area contributed by atoms with Gasteiger partial charge < -0.3 is 4.98 Å². The molecule has 0 aliphatic rings. The zero-order valence-corrected chi connectivity index (χ0v) is 10.1. The molecule has 0 aliphatic heterocycles. The van der Waals surface area contributed by atoms with Crippen LogP contribution in [0.15, 0.2) is 24.5 Å². The van der Waals surface area contributed by atoms with Crippen molar-refractivity contribution < 1.29 is 4.39 Å². The molecule has 0 saturated carbocycles. The topological polar surface area (TPSA) is 28.7 Å². The normalized spacial score (nSPS) is 7.50. The van der Waals surface area contributed by atoms with Gasteiger partial charge in [-0.05, 0) is 55.7 Å². The van der Waals surface area contributed by atoms with Gasteiger partial charge in [-0.1, -0.05) is 11.8 Å². The Morgan fingerprint density at radius 2 is 1.72 bits per heavy atom. The van der Waals surface area contributed by atoms with Gasteiger partial charge in [-0.2, -0.15) is 0 Å². The van der Waals surface area contributed by atoms with Gasteiger partial charge in [-0.25, -0.2) is 9.37 Å². The van der Waals surface area contributed by atoms with Gasteiger partial charge in [-0.15, -0.1) is 0 Å². The molecule has 0 aliphatic carbocycles. The minimum Gasteiger partial charge on any atom is -0.345 e. The smallest absolute Gasteiger partial charge is 0.125 e. The third kappa shape index (κ3) is 4.44. The summed E-state index contributed by atoms with van der Waals surface area (Å²) in [6.07, 6.45) is 1.55. The highest BCUT2D eigenvalue weighted by atomic mass is 19.1. The third-order valence-electron chi connectivity index (χ3n) is 1.82.